The van der Waals surface area contributed by atoms with Gasteiger partial charge >= 0.3 is 12.4 Å². The van der Waals surface area contributed by atoms with E-state index < -0.39 is 36.4 Å². The van der Waals surface area contributed by atoms with Crippen LogP contribution in [0, 0.1) is 0 Å². The van der Waals surface area contributed by atoms with Gasteiger partial charge in [-0.2, -0.15) is 26.3 Å². The van der Waals surface area contributed by atoms with Gasteiger partial charge in [-0.1, -0.05) is 30.3 Å². The molecule has 1 fully saturated rings. The van der Waals surface area contributed by atoms with E-state index in [1.807, 2.05) is 24.3 Å². The zero-order valence-corrected chi connectivity index (χ0v) is 17.2. The zero-order valence-electron chi connectivity index (χ0n) is 17.2. The third-order valence-corrected chi connectivity index (χ3v) is 4.91. The van der Waals surface area contributed by atoms with Crippen LogP contribution in [-0.4, -0.2) is 19.8 Å². The fourth-order valence-electron chi connectivity index (χ4n) is 3.36. The van der Waals surface area contributed by atoms with Gasteiger partial charge in [-0.25, -0.2) is 0 Å². The minimum Gasteiger partial charge on any atom is -0.372 e. The SMILES string of the molecule is C/C=C(/COCc1cc(C(F)(F)F)cc(C(F)(F)F)c1)c1ccccc1C1OCCCO1. The van der Waals surface area contributed by atoms with Crippen LogP contribution < -0.4 is 0 Å². The summed E-state index contributed by atoms with van der Waals surface area (Å²) in [5.41, 5.74) is -0.677. The van der Waals surface area contributed by atoms with Crippen LogP contribution in [0.15, 0.2) is 48.5 Å². The van der Waals surface area contributed by atoms with Gasteiger partial charge in [-0.15, -0.1) is 0 Å². The molecule has 3 rings (SSSR count). The van der Waals surface area contributed by atoms with Gasteiger partial charge in [0.25, 0.3) is 0 Å². The molecule has 0 radical (unpaired) electrons. The molecule has 0 aromatic heterocycles. The minimum absolute atomic E-state index is 0.0160. The highest BCUT2D eigenvalue weighted by Gasteiger charge is 2.36. The smallest absolute Gasteiger partial charge is 0.372 e. The maximum atomic E-state index is 13.0. The molecule has 0 aliphatic carbocycles. The molecule has 2 aromatic carbocycles. The topological polar surface area (TPSA) is 27.7 Å². The van der Waals surface area contributed by atoms with E-state index >= 15 is 0 Å². The third kappa shape index (κ3) is 6.11. The lowest BCUT2D eigenvalue weighted by atomic mass is 9.99. The molecular formula is C23H22F6O3. The number of alkyl halides is 6. The summed E-state index contributed by atoms with van der Waals surface area (Å²) in [5.74, 6) is 0. The Kier molecular flexibility index (Phi) is 7.63. The second kappa shape index (κ2) is 10.1. The van der Waals surface area contributed by atoms with Crippen LogP contribution >= 0.6 is 0 Å². The monoisotopic (exact) mass is 460 g/mol. The van der Waals surface area contributed by atoms with Crippen molar-refractivity contribution in [3.63, 3.8) is 0 Å². The Hall–Kier alpha value is -2.36. The third-order valence-electron chi connectivity index (χ3n) is 4.91. The lowest BCUT2D eigenvalue weighted by molar-refractivity contribution is -0.183. The highest BCUT2D eigenvalue weighted by atomic mass is 19.4. The van der Waals surface area contributed by atoms with E-state index in [1.165, 1.54) is 0 Å². The van der Waals surface area contributed by atoms with Crippen molar-refractivity contribution in [1.82, 2.24) is 0 Å². The van der Waals surface area contributed by atoms with Crippen LogP contribution in [0.2, 0.25) is 0 Å². The second-order valence-electron chi connectivity index (χ2n) is 7.24. The predicted molar refractivity (Wildman–Crippen MR) is 105 cm³/mol. The molecule has 0 atom stereocenters. The molecule has 0 bridgehead atoms. The molecule has 9 heteroatoms. The standard InChI is InChI=1S/C23H22F6O3/c1-2-16(19-6-3-4-7-20(19)21-31-8-5-9-32-21)14-30-13-15-10-17(22(24,25)26)12-18(11-15)23(27,28)29/h2-4,6-7,10-12,21H,5,8-9,13-14H2,1H3/b16-2-. The molecule has 0 saturated carbocycles. The zero-order chi connectivity index (χ0) is 23.4. The van der Waals surface area contributed by atoms with Crippen molar-refractivity contribution < 1.29 is 40.6 Å². The van der Waals surface area contributed by atoms with Gasteiger partial charge in [0.2, 0.25) is 0 Å². The minimum atomic E-state index is -4.90. The average Bonchev–Trinajstić information content (AvgIpc) is 2.76. The van der Waals surface area contributed by atoms with Crippen molar-refractivity contribution >= 4 is 5.57 Å². The first-order valence-electron chi connectivity index (χ1n) is 9.93. The molecule has 1 aliphatic heterocycles. The van der Waals surface area contributed by atoms with Crippen LogP contribution in [-0.2, 0) is 33.2 Å². The highest BCUT2D eigenvalue weighted by molar-refractivity contribution is 5.69. The van der Waals surface area contributed by atoms with Crippen LogP contribution in [0.5, 0.6) is 0 Å². The highest BCUT2D eigenvalue weighted by Crippen LogP contribution is 2.36. The molecule has 1 heterocycles. The molecule has 0 N–H and O–H groups in total. The molecule has 0 spiro atoms. The van der Waals surface area contributed by atoms with Crippen molar-refractivity contribution in [1.29, 1.82) is 0 Å². The van der Waals surface area contributed by atoms with Gasteiger partial charge in [-0.3, -0.25) is 0 Å². The molecule has 1 aliphatic rings. The summed E-state index contributed by atoms with van der Waals surface area (Å²) in [7, 11) is 0. The van der Waals surface area contributed by atoms with Crippen molar-refractivity contribution in [2.75, 3.05) is 19.8 Å². The number of halogens is 6. The van der Waals surface area contributed by atoms with Crippen LogP contribution in [0.25, 0.3) is 5.57 Å². The van der Waals surface area contributed by atoms with Gasteiger partial charge in [-0.05, 0) is 48.2 Å². The Morgan fingerprint density at radius 3 is 2.12 bits per heavy atom. The van der Waals surface area contributed by atoms with E-state index in [1.54, 1.807) is 13.0 Å². The summed E-state index contributed by atoms with van der Waals surface area (Å²) in [6.45, 7) is 2.44. The van der Waals surface area contributed by atoms with E-state index in [4.69, 9.17) is 14.2 Å². The molecular weight excluding hydrogens is 438 g/mol. The van der Waals surface area contributed by atoms with E-state index in [0.29, 0.717) is 30.9 Å². The molecule has 0 unspecified atom stereocenters. The van der Waals surface area contributed by atoms with E-state index in [0.717, 1.165) is 17.5 Å². The number of benzene rings is 2. The quantitative estimate of drug-likeness (QED) is 0.445. The number of ether oxygens (including phenoxy) is 3. The lowest BCUT2D eigenvalue weighted by Crippen LogP contribution is -2.19. The Morgan fingerprint density at radius 2 is 1.56 bits per heavy atom. The van der Waals surface area contributed by atoms with Gasteiger partial charge in [0, 0.05) is 5.56 Å². The van der Waals surface area contributed by atoms with Gasteiger partial charge in [0.15, 0.2) is 6.29 Å². The van der Waals surface area contributed by atoms with E-state index in [9.17, 15) is 26.3 Å². The number of hydrogen-bond acceptors (Lipinski definition) is 3. The van der Waals surface area contributed by atoms with Crippen LogP contribution in [0.3, 0.4) is 0 Å². The van der Waals surface area contributed by atoms with Gasteiger partial charge in [0.05, 0.1) is 37.6 Å². The molecule has 1 saturated heterocycles. The van der Waals surface area contributed by atoms with E-state index in [-0.39, 0.29) is 18.2 Å². The van der Waals surface area contributed by atoms with Crippen molar-refractivity contribution in [3.05, 3.63) is 76.4 Å². The summed E-state index contributed by atoms with van der Waals surface area (Å²) < 4.78 is 95.1. The molecule has 3 nitrogen and oxygen atoms in total. The summed E-state index contributed by atoms with van der Waals surface area (Å²) in [6, 6.07) is 8.76. The summed E-state index contributed by atoms with van der Waals surface area (Å²) >= 11 is 0. The lowest BCUT2D eigenvalue weighted by Gasteiger charge is -2.26. The van der Waals surface area contributed by atoms with Crippen molar-refractivity contribution in [2.45, 2.75) is 38.6 Å². The molecule has 0 amide bonds. The Bertz CT molecular complexity index is 911. The van der Waals surface area contributed by atoms with Crippen LogP contribution in [0.1, 0.15) is 47.5 Å². The van der Waals surface area contributed by atoms with Gasteiger partial charge in [0.1, 0.15) is 0 Å². The predicted octanol–water partition coefficient (Wildman–Crippen LogP) is 6.78. The maximum Gasteiger partial charge on any atom is 0.416 e. The normalized spacial score (nSPS) is 16.4. The Morgan fingerprint density at radius 1 is 0.969 bits per heavy atom. The first-order chi connectivity index (χ1) is 15.1. The Balaban J connectivity index is 1.76. The summed E-state index contributed by atoms with van der Waals surface area (Å²) in [5, 5.41) is 0. The second-order valence-corrected chi connectivity index (χ2v) is 7.24. The first-order valence-corrected chi connectivity index (χ1v) is 9.93. The molecule has 174 valence electrons. The largest absolute Gasteiger partial charge is 0.416 e. The number of rotatable bonds is 6. The fourth-order valence-corrected chi connectivity index (χ4v) is 3.36. The van der Waals surface area contributed by atoms with E-state index in [2.05, 4.69) is 0 Å². The molecule has 2 aromatic rings. The summed E-state index contributed by atoms with van der Waals surface area (Å²) in [4.78, 5) is 0. The fraction of sp³-hybridized carbons (Fsp3) is 0.391. The first kappa shape index (κ1) is 24.3. The van der Waals surface area contributed by atoms with Crippen LogP contribution in [0.4, 0.5) is 26.3 Å². The maximum absolute atomic E-state index is 13.0. The Labute approximate surface area is 181 Å². The van der Waals surface area contributed by atoms with Crippen molar-refractivity contribution in [3.8, 4) is 0 Å². The number of hydrogen-bond donors (Lipinski definition) is 0. The molecule has 32 heavy (non-hydrogen) atoms. The van der Waals surface area contributed by atoms with Gasteiger partial charge < -0.3 is 14.2 Å². The number of allylic oxidation sites excluding steroid dienone is 1. The summed E-state index contributed by atoms with van der Waals surface area (Å²) in [6.07, 6.45) is -7.79. The van der Waals surface area contributed by atoms with Crippen molar-refractivity contribution in [2.24, 2.45) is 0 Å². The average molecular weight is 460 g/mol.